The van der Waals surface area contributed by atoms with E-state index in [2.05, 4.69) is 47.2 Å². The van der Waals surface area contributed by atoms with Gasteiger partial charge in [0, 0.05) is 23.9 Å². The Morgan fingerprint density at radius 2 is 2.03 bits per heavy atom. The first-order valence-corrected chi connectivity index (χ1v) is 10.6. The van der Waals surface area contributed by atoms with Crippen LogP contribution in [0.4, 0.5) is 21.8 Å². The highest BCUT2D eigenvalue weighted by Crippen LogP contribution is 2.40. The molecular formula is C24H29FN6. The Kier molecular flexibility index (Phi) is 5.67. The van der Waals surface area contributed by atoms with Crippen molar-refractivity contribution < 1.29 is 4.39 Å². The van der Waals surface area contributed by atoms with Gasteiger partial charge in [0.25, 0.3) is 0 Å². The van der Waals surface area contributed by atoms with Crippen molar-refractivity contribution in [2.45, 2.75) is 33.1 Å². The van der Waals surface area contributed by atoms with Gasteiger partial charge in [0.05, 0.1) is 24.1 Å². The molecule has 1 saturated carbocycles. The third-order valence-corrected chi connectivity index (χ3v) is 5.53. The van der Waals surface area contributed by atoms with Crippen LogP contribution in [0, 0.1) is 11.7 Å². The van der Waals surface area contributed by atoms with Crippen LogP contribution in [0.15, 0.2) is 66.7 Å². The van der Waals surface area contributed by atoms with Crippen molar-refractivity contribution in [1.29, 1.82) is 0 Å². The number of nitrogens with zero attached hydrogens (tertiary/aromatic N) is 4. The van der Waals surface area contributed by atoms with Crippen LogP contribution in [0.1, 0.15) is 33.1 Å². The minimum absolute atomic E-state index is 0.374. The molecule has 3 heterocycles. The zero-order chi connectivity index (χ0) is 22.1. The van der Waals surface area contributed by atoms with E-state index in [0.29, 0.717) is 12.4 Å². The van der Waals surface area contributed by atoms with Crippen molar-refractivity contribution in [2.75, 3.05) is 28.6 Å². The highest BCUT2D eigenvalue weighted by atomic mass is 19.1. The van der Waals surface area contributed by atoms with Gasteiger partial charge in [-0.05, 0) is 49.8 Å². The van der Waals surface area contributed by atoms with E-state index in [-0.39, 0.29) is 5.82 Å². The molecule has 2 N–H and O–H groups in total. The Morgan fingerprint density at radius 3 is 2.65 bits per heavy atom. The minimum atomic E-state index is -0.374. The summed E-state index contributed by atoms with van der Waals surface area (Å²) in [7, 11) is 0. The minimum Gasteiger partial charge on any atom is -0.368 e. The highest BCUT2D eigenvalue weighted by Gasteiger charge is 2.30. The van der Waals surface area contributed by atoms with Crippen LogP contribution in [-0.2, 0) is 0 Å². The Balaban J connectivity index is 1.63. The molecule has 1 aliphatic carbocycles. The van der Waals surface area contributed by atoms with Crippen molar-refractivity contribution in [1.82, 2.24) is 14.8 Å². The number of rotatable bonds is 9. The second kappa shape index (κ2) is 8.41. The molecule has 2 aromatic rings. The number of fused-ring (bicyclic) bond motifs is 1. The number of allylic oxidation sites excluding steroid dienone is 3. The summed E-state index contributed by atoms with van der Waals surface area (Å²) in [5.41, 5.74) is 4.67. The normalized spacial score (nSPS) is 15.7. The van der Waals surface area contributed by atoms with Gasteiger partial charge in [0.2, 0.25) is 0 Å². The number of pyridine rings is 1. The topological polar surface area (TPSA) is 58.0 Å². The Morgan fingerprint density at radius 1 is 1.26 bits per heavy atom. The first-order valence-electron chi connectivity index (χ1n) is 10.6. The Bertz CT molecular complexity index is 1060. The van der Waals surface area contributed by atoms with Crippen molar-refractivity contribution in [3.8, 4) is 0 Å². The summed E-state index contributed by atoms with van der Waals surface area (Å²) in [6.07, 6.45) is 4.55. The molecule has 2 aromatic heterocycles. The quantitative estimate of drug-likeness (QED) is 0.569. The van der Waals surface area contributed by atoms with Gasteiger partial charge < -0.3 is 15.5 Å². The van der Waals surface area contributed by atoms with Crippen LogP contribution < -0.4 is 15.5 Å². The third-order valence-electron chi connectivity index (χ3n) is 5.53. The van der Waals surface area contributed by atoms with Crippen LogP contribution in [0.3, 0.4) is 0 Å². The van der Waals surface area contributed by atoms with Crippen LogP contribution in [0.2, 0.25) is 0 Å². The molecule has 162 valence electrons. The average molecular weight is 421 g/mol. The fourth-order valence-corrected chi connectivity index (χ4v) is 3.84. The van der Waals surface area contributed by atoms with Crippen molar-refractivity contribution in [3.05, 3.63) is 72.5 Å². The summed E-state index contributed by atoms with van der Waals surface area (Å²) in [6, 6.07) is 5.01. The number of hydrogen-bond donors (Lipinski definition) is 2. The smallest absolute Gasteiger partial charge is 0.150 e. The molecule has 6 nitrogen and oxygen atoms in total. The zero-order valence-corrected chi connectivity index (χ0v) is 18.2. The lowest BCUT2D eigenvalue weighted by Crippen LogP contribution is -2.34. The van der Waals surface area contributed by atoms with Crippen LogP contribution in [0.5, 0.6) is 0 Å². The SMILES string of the molecule is C=C(CN1C(C(=C)C)=C(CC)C(=C)n2nc(NCC3CC3)cc21)Nc1ccc(F)cn1. The molecule has 1 fully saturated rings. The molecule has 2 aliphatic rings. The first kappa shape index (κ1) is 20.9. The number of hydrogen-bond acceptors (Lipinski definition) is 5. The molecule has 7 heteroatoms. The summed E-state index contributed by atoms with van der Waals surface area (Å²) >= 11 is 0. The molecule has 4 rings (SSSR count). The summed E-state index contributed by atoms with van der Waals surface area (Å²) in [6.45, 7) is 18.2. The number of anilines is 3. The van der Waals surface area contributed by atoms with E-state index in [1.54, 1.807) is 6.07 Å². The van der Waals surface area contributed by atoms with Crippen LogP contribution in [0.25, 0.3) is 5.70 Å². The maximum atomic E-state index is 13.2. The van der Waals surface area contributed by atoms with Crippen molar-refractivity contribution in [3.63, 3.8) is 0 Å². The summed E-state index contributed by atoms with van der Waals surface area (Å²) < 4.78 is 15.1. The van der Waals surface area contributed by atoms with E-state index in [1.165, 1.54) is 25.1 Å². The van der Waals surface area contributed by atoms with Crippen LogP contribution >= 0.6 is 0 Å². The molecule has 0 aromatic carbocycles. The maximum absolute atomic E-state index is 13.2. The van der Waals surface area contributed by atoms with E-state index in [1.807, 2.05) is 17.7 Å². The summed E-state index contributed by atoms with van der Waals surface area (Å²) in [4.78, 5) is 6.22. The van der Waals surface area contributed by atoms with Gasteiger partial charge in [-0.3, -0.25) is 0 Å². The van der Waals surface area contributed by atoms with Crippen LogP contribution in [-0.4, -0.2) is 27.9 Å². The molecule has 31 heavy (non-hydrogen) atoms. The molecule has 1 aliphatic heterocycles. The van der Waals surface area contributed by atoms with Gasteiger partial charge in [-0.1, -0.05) is 26.7 Å². The summed E-state index contributed by atoms with van der Waals surface area (Å²) in [5, 5.41) is 11.4. The van der Waals surface area contributed by atoms with Crippen molar-refractivity contribution >= 4 is 23.2 Å². The van der Waals surface area contributed by atoms with Gasteiger partial charge >= 0.3 is 0 Å². The monoisotopic (exact) mass is 420 g/mol. The molecular weight excluding hydrogens is 391 g/mol. The predicted octanol–water partition coefficient (Wildman–Crippen LogP) is 5.40. The lowest BCUT2D eigenvalue weighted by atomic mass is 10.0. The molecule has 0 atom stereocenters. The first-order chi connectivity index (χ1) is 14.9. The lowest BCUT2D eigenvalue weighted by Gasteiger charge is -2.35. The largest absolute Gasteiger partial charge is 0.368 e. The number of aromatic nitrogens is 3. The Hall–Kier alpha value is -3.35. The van der Waals surface area contributed by atoms with E-state index < -0.39 is 0 Å². The molecule has 0 spiro atoms. The van der Waals surface area contributed by atoms with Gasteiger partial charge in [-0.15, -0.1) is 5.10 Å². The lowest BCUT2D eigenvalue weighted by molar-refractivity contribution is 0.622. The van der Waals surface area contributed by atoms with Gasteiger partial charge in [0.15, 0.2) is 5.82 Å². The molecule has 0 saturated heterocycles. The summed E-state index contributed by atoms with van der Waals surface area (Å²) in [5.74, 6) is 2.67. The van der Waals surface area contributed by atoms with E-state index >= 15 is 0 Å². The second-order valence-electron chi connectivity index (χ2n) is 8.21. The van der Waals surface area contributed by atoms with Gasteiger partial charge in [0.1, 0.15) is 17.5 Å². The highest BCUT2D eigenvalue weighted by molar-refractivity contribution is 5.78. The Labute approximate surface area is 182 Å². The van der Waals surface area contributed by atoms with E-state index in [9.17, 15) is 4.39 Å². The van der Waals surface area contributed by atoms with Gasteiger partial charge in [-0.2, -0.15) is 0 Å². The zero-order valence-electron chi connectivity index (χ0n) is 18.2. The molecule has 0 amide bonds. The average Bonchev–Trinajstić information content (AvgIpc) is 3.46. The fraction of sp³-hybridized carbons (Fsp3) is 0.333. The third kappa shape index (κ3) is 4.40. The number of halogens is 1. The molecule has 0 bridgehead atoms. The predicted molar refractivity (Wildman–Crippen MR) is 125 cm³/mol. The maximum Gasteiger partial charge on any atom is 0.150 e. The molecule has 0 unspecified atom stereocenters. The number of nitrogens with one attached hydrogen (secondary N) is 2. The standard InChI is InChI=1S/C24H29FN6/c1-6-20-17(5)31-23(11-22(29-31)26-12-18-7-8-18)30(24(20)15(2)3)14-16(4)28-21-10-9-19(25)13-27-21/h9-11,13,18H,2,4-8,12,14H2,1,3H3,(H,26,29)(H,27,28). The van der Waals surface area contributed by atoms with E-state index in [0.717, 1.165) is 58.8 Å². The second-order valence-corrected chi connectivity index (χ2v) is 8.21. The fourth-order valence-electron chi connectivity index (χ4n) is 3.84. The van der Waals surface area contributed by atoms with Crippen molar-refractivity contribution in [2.24, 2.45) is 5.92 Å². The van der Waals surface area contributed by atoms with E-state index in [4.69, 9.17) is 5.10 Å². The van der Waals surface area contributed by atoms with Gasteiger partial charge in [-0.25, -0.2) is 14.1 Å². The molecule has 0 radical (unpaired) electrons.